The van der Waals surface area contributed by atoms with Crippen LogP contribution >= 0.6 is 0 Å². The second kappa shape index (κ2) is 5.30. The summed E-state index contributed by atoms with van der Waals surface area (Å²) >= 11 is 0. The van der Waals surface area contributed by atoms with E-state index in [0.717, 1.165) is 13.2 Å². The largest absolute Gasteiger partial charge is 0.383 e. The zero-order valence-electron chi connectivity index (χ0n) is 8.55. The van der Waals surface area contributed by atoms with Crippen molar-refractivity contribution in [3.8, 4) is 0 Å². The van der Waals surface area contributed by atoms with Gasteiger partial charge in [-0.05, 0) is 20.9 Å². The lowest BCUT2D eigenvalue weighted by atomic mass is 10.1. The third-order valence-electron chi connectivity index (χ3n) is 1.98. The van der Waals surface area contributed by atoms with Crippen LogP contribution in [0.1, 0.15) is 13.8 Å². The second-order valence-corrected chi connectivity index (χ2v) is 3.23. The van der Waals surface area contributed by atoms with E-state index in [4.69, 9.17) is 4.74 Å². The van der Waals surface area contributed by atoms with E-state index in [2.05, 4.69) is 30.9 Å². The Labute approximate surface area is 75.4 Å². The molecule has 0 aliphatic rings. The van der Waals surface area contributed by atoms with Crippen LogP contribution in [0.15, 0.2) is 12.7 Å². The van der Waals surface area contributed by atoms with Crippen LogP contribution in [0, 0.1) is 0 Å². The summed E-state index contributed by atoms with van der Waals surface area (Å²) in [7, 11) is 3.61. The highest BCUT2D eigenvalue weighted by Crippen LogP contribution is 2.11. The Hall–Kier alpha value is -0.380. The summed E-state index contributed by atoms with van der Waals surface area (Å²) in [5.74, 6) is 0. The van der Waals surface area contributed by atoms with Crippen molar-refractivity contribution in [2.45, 2.75) is 19.4 Å². The minimum absolute atomic E-state index is 0.0344. The molecule has 1 N–H and O–H groups in total. The van der Waals surface area contributed by atoms with Gasteiger partial charge in [-0.1, -0.05) is 6.08 Å². The number of ether oxygens (including phenoxy) is 1. The predicted molar refractivity (Wildman–Crippen MR) is 51.9 cm³/mol. The van der Waals surface area contributed by atoms with Gasteiger partial charge in [-0.25, -0.2) is 5.01 Å². The molecule has 0 unspecified atom stereocenters. The van der Waals surface area contributed by atoms with Gasteiger partial charge in [-0.15, -0.1) is 6.58 Å². The van der Waals surface area contributed by atoms with Gasteiger partial charge in [0.15, 0.2) is 0 Å². The topological polar surface area (TPSA) is 24.5 Å². The first kappa shape index (κ1) is 11.6. The number of nitrogens with zero attached hydrogens (tertiary/aromatic N) is 1. The van der Waals surface area contributed by atoms with Crippen molar-refractivity contribution in [1.29, 1.82) is 0 Å². The van der Waals surface area contributed by atoms with Gasteiger partial charge < -0.3 is 4.74 Å². The molecule has 0 radical (unpaired) electrons. The molecule has 0 aromatic rings. The minimum atomic E-state index is -0.0344. The lowest BCUT2D eigenvalue weighted by Crippen LogP contribution is -2.50. The van der Waals surface area contributed by atoms with Crippen molar-refractivity contribution >= 4 is 0 Å². The molecule has 72 valence electrons. The van der Waals surface area contributed by atoms with Crippen LogP contribution in [0.2, 0.25) is 0 Å². The molecule has 0 atom stereocenters. The van der Waals surface area contributed by atoms with Gasteiger partial charge in [0.1, 0.15) is 0 Å². The second-order valence-electron chi connectivity index (χ2n) is 3.23. The number of hydrazine groups is 1. The Morgan fingerprint density at radius 1 is 1.58 bits per heavy atom. The number of nitrogens with one attached hydrogen (secondary N) is 1. The standard InChI is InChI=1S/C9H20N2O/c1-6-9(2,3)11(10-4)7-8-12-5/h6,10H,1,7-8H2,2-5H3. The van der Waals surface area contributed by atoms with Crippen molar-refractivity contribution in [3.05, 3.63) is 12.7 Å². The molecular weight excluding hydrogens is 152 g/mol. The maximum absolute atomic E-state index is 5.00. The third kappa shape index (κ3) is 3.34. The fourth-order valence-electron chi connectivity index (χ4n) is 0.981. The van der Waals surface area contributed by atoms with Gasteiger partial charge in [0.05, 0.1) is 6.61 Å². The summed E-state index contributed by atoms with van der Waals surface area (Å²) in [5.41, 5.74) is 3.08. The van der Waals surface area contributed by atoms with Gasteiger partial charge in [0.2, 0.25) is 0 Å². The highest BCUT2D eigenvalue weighted by atomic mass is 16.5. The number of hydrogen-bond acceptors (Lipinski definition) is 3. The molecule has 0 bridgehead atoms. The molecule has 0 aromatic heterocycles. The van der Waals surface area contributed by atoms with E-state index in [0.29, 0.717) is 0 Å². The molecule has 3 heteroatoms. The fraction of sp³-hybridized carbons (Fsp3) is 0.778. The summed E-state index contributed by atoms with van der Waals surface area (Å²) in [6.07, 6.45) is 1.92. The summed E-state index contributed by atoms with van der Waals surface area (Å²) < 4.78 is 5.00. The molecule has 0 aliphatic carbocycles. The Morgan fingerprint density at radius 2 is 2.17 bits per heavy atom. The van der Waals surface area contributed by atoms with E-state index >= 15 is 0 Å². The maximum atomic E-state index is 5.00. The molecule has 0 spiro atoms. The van der Waals surface area contributed by atoms with Crippen molar-refractivity contribution in [2.24, 2.45) is 0 Å². The maximum Gasteiger partial charge on any atom is 0.0604 e. The molecule has 0 fully saturated rings. The zero-order valence-corrected chi connectivity index (χ0v) is 8.55. The monoisotopic (exact) mass is 172 g/mol. The number of methoxy groups -OCH3 is 1. The predicted octanol–water partition coefficient (Wildman–Crippen LogP) is 1.03. The Bertz CT molecular complexity index is 134. The summed E-state index contributed by atoms with van der Waals surface area (Å²) in [4.78, 5) is 0. The lowest BCUT2D eigenvalue weighted by molar-refractivity contribution is 0.0656. The quantitative estimate of drug-likeness (QED) is 0.478. The summed E-state index contributed by atoms with van der Waals surface area (Å²) in [6.45, 7) is 9.57. The van der Waals surface area contributed by atoms with Crippen molar-refractivity contribution < 1.29 is 4.74 Å². The molecule has 3 nitrogen and oxygen atoms in total. The fourth-order valence-corrected chi connectivity index (χ4v) is 0.981. The van der Waals surface area contributed by atoms with Crippen LogP contribution in [0.25, 0.3) is 0 Å². The van der Waals surface area contributed by atoms with E-state index < -0.39 is 0 Å². The van der Waals surface area contributed by atoms with Gasteiger partial charge in [0.25, 0.3) is 0 Å². The van der Waals surface area contributed by atoms with Gasteiger partial charge in [-0.2, -0.15) is 0 Å². The smallest absolute Gasteiger partial charge is 0.0604 e. The Morgan fingerprint density at radius 3 is 2.50 bits per heavy atom. The molecule has 0 amide bonds. The van der Waals surface area contributed by atoms with Crippen molar-refractivity contribution in [1.82, 2.24) is 10.4 Å². The highest BCUT2D eigenvalue weighted by molar-refractivity contribution is 4.95. The molecule has 0 saturated heterocycles. The van der Waals surface area contributed by atoms with Gasteiger partial charge in [-0.3, -0.25) is 5.43 Å². The average Bonchev–Trinajstić information content (AvgIpc) is 2.05. The number of rotatable bonds is 6. The van der Waals surface area contributed by atoms with Crippen LogP contribution in [0.3, 0.4) is 0 Å². The zero-order chi connectivity index (χ0) is 9.61. The summed E-state index contributed by atoms with van der Waals surface area (Å²) in [5, 5.41) is 2.09. The van der Waals surface area contributed by atoms with Gasteiger partial charge >= 0.3 is 0 Å². The molecule has 0 aliphatic heterocycles. The van der Waals surface area contributed by atoms with Crippen molar-refractivity contribution in [3.63, 3.8) is 0 Å². The van der Waals surface area contributed by atoms with Crippen LogP contribution in [0.4, 0.5) is 0 Å². The van der Waals surface area contributed by atoms with E-state index in [9.17, 15) is 0 Å². The Balaban J connectivity index is 4.03. The van der Waals surface area contributed by atoms with Crippen LogP contribution in [-0.2, 0) is 4.74 Å². The number of hydrogen-bond donors (Lipinski definition) is 1. The van der Waals surface area contributed by atoms with Crippen LogP contribution in [0.5, 0.6) is 0 Å². The van der Waals surface area contributed by atoms with E-state index in [1.165, 1.54) is 0 Å². The third-order valence-corrected chi connectivity index (χ3v) is 1.98. The van der Waals surface area contributed by atoms with Crippen LogP contribution < -0.4 is 5.43 Å². The SMILES string of the molecule is C=CC(C)(C)N(CCOC)NC. The van der Waals surface area contributed by atoms with E-state index in [1.807, 2.05) is 13.1 Å². The highest BCUT2D eigenvalue weighted by Gasteiger charge is 2.20. The Kier molecular flexibility index (Phi) is 5.13. The first-order chi connectivity index (χ1) is 5.58. The van der Waals surface area contributed by atoms with Crippen molar-refractivity contribution in [2.75, 3.05) is 27.3 Å². The van der Waals surface area contributed by atoms with E-state index in [-0.39, 0.29) is 5.54 Å². The molecule has 12 heavy (non-hydrogen) atoms. The minimum Gasteiger partial charge on any atom is -0.383 e. The average molecular weight is 172 g/mol. The summed E-state index contributed by atoms with van der Waals surface area (Å²) in [6, 6.07) is 0. The normalized spacial score (nSPS) is 12.1. The lowest BCUT2D eigenvalue weighted by Gasteiger charge is -2.35. The van der Waals surface area contributed by atoms with Crippen LogP contribution in [-0.4, -0.2) is 37.9 Å². The molecular formula is C9H20N2O. The molecule has 0 aromatic carbocycles. The van der Waals surface area contributed by atoms with Gasteiger partial charge in [0, 0.05) is 19.2 Å². The molecule has 0 saturated carbocycles. The first-order valence-electron chi connectivity index (χ1n) is 4.16. The first-order valence-corrected chi connectivity index (χ1v) is 4.16. The van der Waals surface area contributed by atoms with E-state index in [1.54, 1.807) is 7.11 Å². The molecule has 0 rings (SSSR count). The molecule has 0 heterocycles.